The second-order valence-corrected chi connectivity index (χ2v) is 9.22. The first kappa shape index (κ1) is 21.3. The Labute approximate surface area is 166 Å². The molecule has 0 aliphatic carbocycles. The van der Waals surface area contributed by atoms with Crippen molar-refractivity contribution in [2.24, 2.45) is 5.41 Å². The maximum atomic E-state index is 12.9. The highest BCUT2D eigenvalue weighted by atomic mass is 32.1. The van der Waals surface area contributed by atoms with Crippen LogP contribution in [0.25, 0.3) is 0 Å². The Balaban J connectivity index is 2.32. The normalized spacial score (nSPS) is 18.0. The number of likely N-dealkylation sites (tertiary alicyclic amines) is 1. The van der Waals surface area contributed by atoms with E-state index in [0.717, 1.165) is 30.7 Å². The fourth-order valence-corrected chi connectivity index (χ4v) is 3.85. The van der Waals surface area contributed by atoms with E-state index < -0.39 is 5.97 Å². The van der Waals surface area contributed by atoms with Crippen LogP contribution in [0.4, 0.5) is 5.69 Å². The van der Waals surface area contributed by atoms with Gasteiger partial charge in [0.25, 0.3) is 0 Å². The quantitative estimate of drug-likeness (QED) is 0.620. The van der Waals surface area contributed by atoms with Crippen LogP contribution in [0.2, 0.25) is 0 Å². The lowest BCUT2D eigenvalue weighted by Gasteiger charge is -2.28. The standard InChI is InChI=1S/C21H30N2O3S/c1-14(2)23-12-8-7-9-16(19(23)24)22-17-13-15(10-11-21(3,4)5)27-18(17)20(25)26-6/h13-14,16,22H,7-9,12H2,1-6H3/t16-/m0/s1. The summed E-state index contributed by atoms with van der Waals surface area (Å²) in [4.78, 5) is 28.3. The van der Waals surface area contributed by atoms with Crippen LogP contribution in [0.5, 0.6) is 0 Å². The van der Waals surface area contributed by atoms with Gasteiger partial charge in [-0.25, -0.2) is 4.79 Å². The van der Waals surface area contributed by atoms with Crippen LogP contribution in [-0.4, -0.2) is 42.5 Å². The molecule has 0 bridgehead atoms. The number of esters is 1. The summed E-state index contributed by atoms with van der Waals surface area (Å²) in [5.41, 5.74) is 0.506. The molecule has 0 radical (unpaired) electrons. The minimum absolute atomic E-state index is 0.0897. The van der Waals surface area contributed by atoms with Crippen LogP contribution in [0.1, 0.15) is 68.4 Å². The molecule has 1 fully saturated rings. The van der Waals surface area contributed by atoms with Crippen LogP contribution in [-0.2, 0) is 9.53 Å². The fourth-order valence-electron chi connectivity index (χ4n) is 2.95. The molecule has 1 aromatic rings. The number of amides is 1. The number of nitrogens with zero attached hydrogens (tertiary/aromatic N) is 1. The molecule has 1 saturated heterocycles. The van der Waals surface area contributed by atoms with E-state index in [1.54, 1.807) is 0 Å². The molecule has 0 saturated carbocycles. The van der Waals surface area contributed by atoms with Crippen LogP contribution < -0.4 is 5.32 Å². The van der Waals surface area contributed by atoms with Gasteiger partial charge >= 0.3 is 5.97 Å². The molecule has 6 heteroatoms. The van der Waals surface area contributed by atoms with Crippen molar-refractivity contribution in [1.29, 1.82) is 0 Å². The third-order valence-corrected chi connectivity index (χ3v) is 5.37. The summed E-state index contributed by atoms with van der Waals surface area (Å²) in [6.07, 6.45) is 2.72. The number of carbonyl (C=O) groups excluding carboxylic acids is 2. The highest BCUT2D eigenvalue weighted by molar-refractivity contribution is 7.15. The minimum atomic E-state index is -0.409. The van der Waals surface area contributed by atoms with Crippen molar-refractivity contribution < 1.29 is 14.3 Å². The fraction of sp³-hybridized carbons (Fsp3) is 0.619. The monoisotopic (exact) mass is 390 g/mol. The highest BCUT2D eigenvalue weighted by Crippen LogP contribution is 2.30. The number of thiophene rings is 1. The Morgan fingerprint density at radius 1 is 1.37 bits per heavy atom. The van der Waals surface area contributed by atoms with Crippen LogP contribution in [0.3, 0.4) is 0 Å². The van der Waals surface area contributed by atoms with Gasteiger partial charge in [-0.3, -0.25) is 4.79 Å². The van der Waals surface area contributed by atoms with Crippen LogP contribution in [0, 0.1) is 17.3 Å². The van der Waals surface area contributed by atoms with Gasteiger partial charge in [-0.05, 0) is 59.9 Å². The molecule has 27 heavy (non-hydrogen) atoms. The van der Waals surface area contributed by atoms with E-state index in [2.05, 4.69) is 17.2 Å². The van der Waals surface area contributed by atoms with E-state index >= 15 is 0 Å². The van der Waals surface area contributed by atoms with E-state index in [1.165, 1.54) is 18.4 Å². The average Bonchev–Trinajstić information content (AvgIpc) is 2.90. The molecule has 1 aromatic heterocycles. The summed E-state index contributed by atoms with van der Waals surface area (Å²) >= 11 is 1.30. The van der Waals surface area contributed by atoms with Crippen molar-refractivity contribution in [1.82, 2.24) is 4.90 Å². The zero-order valence-corrected chi connectivity index (χ0v) is 18.0. The molecule has 2 rings (SSSR count). The molecule has 1 aliphatic rings. The second-order valence-electron chi connectivity index (χ2n) is 8.16. The average molecular weight is 391 g/mol. The third-order valence-electron chi connectivity index (χ3n) is 4.34. The highest BCUT2D eigenvalue weighted by Gasteiger charge is 2.30. The molecule has 1 amide bonds. The number of nitrogens with one attached hydrogen (secondary N) is 1. The second kappa shape index (κ2) is 8.79. The van der Waals surface area contributed by atoms with Crippen molar-refractivity contribution in [3.63, 3.8) is 0 Å². The van der Waals surface area contributed by atoms with Crippen molar-refractivity contribution in [3.8, 4) is 11.8 Å². The smallest absolute Gasteiger partial charge is 0.350 e. The molecular formula is C21H30N2O3S. The predicted molar refractivity (Wildman–Crippen MR) is 110 cm³/mol. The molecule has 0 spiro atoms. The summed E-state index contributed by atoms with van der Waals surface area (Å²) in [7, 11) is 1.36. The first-order chi connectivity index (χ1) is 12.6. The number of methoxy groups -OCH3 is 1. The molecule has 148 valence electrons. The van der Waals surface area contributed by atoms with Crippen molar-refractivity contribution >= 4 is 28.9 Å². The van der Waals surface area contributed by atoms with Crippen molar-refractivity contribution in [2.45, 2.75) is 66.0 Å². The van der Waals surface area contributed by atoms with Gasteiger partial charge in [0.1, 0.15) is 10.9 Å². The van der Waals surface area contributed by atoms with E-state index in [-0.39, 0.29) is 23.4 Å². The third kappa shape index (κ3) is 5.74. The molecule has 0 aromatic carbocycles. The van der Waals surface area contributed by atoms with Crippen molar-refractivity contribution in [3.05, 3.63) is 15.8 Å². The number of anilines is 1. The molecular weight excluding hydrogens is 360 g/mol. The summed E-state index contributed by atoms with van der Waals surface area (Å²) in [5.74, 6) is 6.00. The summed E-state index contributed by atoms with van der Waals surface area (Å²) in [6, 6.07) is 1.68. The molecule has 5 nitrogen and oxygen atoms in total. The number of hydrogen-bond acceptors (Lipinski definition) is 5. The minimum Gasteiger partial charge on any atom is -0.465 e. The first-order valence-corrected chi connectivity index (χ1v) is 10.3. The Morgan fingerprint density at radius 2 is 2.07 bits per heavy atom. The number of rotatable bonds is 4. The summed E-state index contributed by atoms with van der Waals surface area (Å²) in [6.45, 7) is 11.0. The largest absolute Gasteiger partial charge is 0.465 e. The Morgan fingerprint density at radius 3 is 2.67 bits per heavy atom. The predicted octanol–water partition coefficient (Wildman–Crippen LogP) is 4.13. The van der Waals surface area contributed by atoms with Gasteiger partial charge in [-0.15, -0.1) is 11.3 Å². The Hall–Kier alpha value is -2.00. The van der Waals surface area contributed by atoms with Gasteiger partial charge in [-0.1, -0.05) is 11.8 Å². The number of carbonyl (C=O) groups is 2. The molecule has 1 atom stereocenters. The lowest BCUT2D eigenvalue weighted by Crippen LogP contribution is -2.45. The topological polar surface area (TPSA) is 58.6 Å². The van der Waals surface area contributed by atoms with Gasteiger partial charge in [0.2, 0.25) is 5.91 Å². The van der Waals surface area contributed by atoms with E-state index in [1.807, 2.05) is 45.6 Å². The molecule has 1 N–H and O–H groups in total. The van der Waals surface area contributed by atoms with Crippen molar-refractivity contribution in [2.75, 3.05) is 19.0 Å². The van der Waals surface area contributed by atoms with Gasteiger partial charge in [0, 0.05) is 18.0 Å². The lowest BCUT2D eigenvalue weighted by atomic mass is 9.98. The lowest BCUT2D eigenvalue weighted by molar-refractivity contribution is -0.133. The zero-order chi connectivity index (χ0) is 20.2. The Bertz CT molecular complexity index is 750. The summed E-state index contributed by atoms with van der Waals surface area (Å²) in [5, 5.41) is 3.31. The van der Waals surface area contributed by atoms with Gasteiger partial charge < -0.3 is 15.0 Å². The van der Waals surface area contributed by atoms with E-state index in [0.29, 0.717) is 10.6 Å². The first-order valence-electron chi connectivity index (χ1n) is 9.44. The number of ether oxygens (including phenoxy) is 1. The maximum Gasteiger partial charge on any atom is 0.350 e. The van der Waals surface area contributed by atoms with E-state index in [4.69, 9.17) is 4.74 Å². The maximum absolute atomic E-state index is 12.9. The van der Waals surface area contributed by atoms with Crippen LogP contribution in [0.15, 0.2) is 6.07 Å². The van der Waals surface area contributed by atoms with E-state index in [9.17, 15) is 9.59 Å². The van der Waals surface area contributed by atoms with Gasteiger partial charge in [0.05, 0.1) is 17.7 Å². The molecule has 1 aliphatic heterocycles. The Kier molecular flexibility index (Phi) is 6.94. The zero-order valence-electron chi connectivity index (χ0n) is 17.1. The molecule has 2 heterocycles. The molecule has 0 unspecified atom stereocenters. The van der Waals surface area contributed by atoms with Gasteiger partial charge in [0.15, 0.2) is 0 Å². The SMILES string of the molecule is COC(=O)c1sc(C#CC(C)(C)C)cc1N[C@H]1CCCCN(C(C)C)C1=O. The number of hydrogen-bond donors (Lipinski definition) is 1. The van der Waals surface area contributed by atoms with Crippen LogP contribution >= 0.6 is 11.3 Å². The summed E-state index contributed by atoms with van der Waals surface area (Å²) < 4.78 is 4.92. The van der Waals surface area contributed by atoms with Gasteiger partial charge in [-0.2, -0.15) is 0 Å².